The Balaban J connectivity index is 1.41. The van der Waals surface area contributed by atoms with E-state index in [1.165, 1.54) is 11.3 Å². The number of aromatic nitrogens is 3. The maximum Gasteiger partial charge on any atom is 0.249 e. The minimum atomic E-state index is 0.520. The van der Waals surface area contributed by atoms with E-state index >= 15 is 0 Å². The third-order valence-electron chi connectivity index (χ3n) is 5.22. The minimum absolute atomic E-state index is 0.520. The molecular formula is C22H26N6O. The molecule has 1 saturated heterocycles. The SMILES string of the molecule is COc1ccc(N2CCN(c3cnnc(Nc4ccc(C)cc4C)n3)CC2)cc1. The molecule has 3 aromatic rings. The summed E-state index contributed by atoms with van der Waals surface area (Å²) in [5.41, 5.74) is 4.60. The molecule has 0 saturated carbocycles. The van der Waals surface area contributed by atoms with Gasteiger partial charge in [-0.05, 0) is 49.7 Å². The Kier molecular flexibility index (Phi) is 5.46. The van der Waals surface area contributed by atoms with E-state index in [1.807, 2.05) is 18.2 Å². The lowest BCUT2D eigenvalue weighted by molar-refractivity contribution is 0.415. The Morgan fingerprint density at radius 1 is 0.931 bits per heavy atom. The third kappa shape index (κ3) is 4.39. The van der Waals surface area contributed by atoms with Crippen molar-refractivity contribution in [1.82, 2.24) is 15.2 Å². The summed E-state index contributed by atoms with van der Waals surface area (Å²) >= 11 is 0. The summed E-state index contributed by atoms with van der Waals surface area (Å²) in [6.45, 7) is 7.78. The molecule has 1 fully saturated rings. The number of rotatable bonds is 5. The predicted octanol–water partition coefficient (Wildman–Crippen LogP) is 3.57. The highest BCUT2D eigenvalue weighted by atomic mass is 16.5. The number of nitrogens with zero attached hydrogens (tertiary/aromatic N) is 5. The van der Waals surface area contributed by atoms with E-state index in [0.29, 0.717) is 5.95 Å². The number of benzene rings is 2. The summed E-state index contributed by atoms with van der Waals surface area (Å²) in [4.78, 5) is 9.31. The van der Waals surface area contributed by atoms with Crippen LogP contribution in [0.15, 0.2) is 48.7 Å². The lowest BCUT2D eigenvalue weighted by Gasteiger charge is -2.36. The quantitative estimate of drug-likeness (QED) is 0.714. The van der Waals surface area contributed by atoms with Gasteiger partial charge >= 0.3 is 0 Å². The molecule has 4 rings (SSSR count). The summed E-state index contributed by atoms with van der Waals surface area (Å²) in [5.74, 6) is 2.25. The zero-order valence-electron chi connectivity index (χ0n) is 17.1. The van der Waals surface area contributed by atoms with Gasteiger partial charge in [-0.25, -0.2) is 0 Å². The third-order valence-corrected chi connectivity index (χ3v) is 5.22. The van der Waals surface area contributed by atoms with E-state index in [-0.39, 0.29) is 0 Å². The first-order valence-electron chi connectivity index (χ1n) is 9.80. The van der Waals surface area contributed by atoms with Crippen molar-refractivity contribution in [2.24, 2.45) is 0 Å². The molecular weight excluding hydrogens is 364 g/mol. The van der Waals surface area contributed by atoms with Gasteiger partial charge in [0.25, 0.3) is 0 Å². The second-order valence-corrected chi connectivity index (χ2v) is 7.25. The smallest absolute Gasteiger partial charge is 0.249 e. The fourth-order valence-corrected chi connectivity index (χ4v) is 3.56. The second kappa shape index (κ2) is 8.34. The molecule has 2 aromatic carbocycles. The van der Waals surface area contributed by atoms with Crippen LogP contribution in [0.1, 0.15) is 11.1 Å². The lowest BCUT2D eigenvalue weighted by Crippen LogP contribution is -2.46. The van der Waals surface area contributed by atoms with Crippen molar-refractivity contribution in [3.05, 3.63) is 59.8 Å². The van der Waals surface area contributed by atoms with Gasteiger partial charge in [-0.1, -0.05) is 17.7 Å². The van der Waals surface area contributed by atoms with E-state index in [2.05, 4.69) is 68.4 Å². The van der Waals surface area contributed by atoms with Crippen molar-refractivity contribution in [2.75, 3.05) is 48.4 Å². The number of methoxy groups -OCH3 is 1. The van der Waals surface area contributed by atoms with Gasteiger partial charge < -0.3 is 19.9 Å². The first-order valence-corrected chi connectivity index (χ1v) is 9.80. The van der Waals surface area contributed by atoms with Crippen LogP contribution in [0.25, 0.3) is 0 Å². The van der Waals surface area contributed by atoms with Gasteiger partial charge in [0.2, 0.25) is 5.95 Å². The predicted molar refractivity (Wildman–Crippen MR) is 116 cm³/mol. The monoisotopic (exact) mass is 390 g/mol. The summed E-state index contributed by atoms with van der Waals surface area (Å²) in [5, 5.41) is 11.6. The molecule has 0 spiro atoms. The first-order chi connectivity index (χ1) is 14.1. The Labute approximate surface area is 171 Å². The summed E-state index contributed by atoms with van der Waals surface area (Å²) in [6.07, 6.45) is 1.73. The van der Waals surface area contributed by atoms with Gasteiger partial charge in [0.05, 0.1) is 13.3 Å². The average Bonchev–Trinajstić information content (AvgIpc) is 2.76. The number of hydrogen-bond donors (Lipinski definition) is 1. The molecule has 2 heterocycles. The lowest BCUT2D eigenvalue weighted by atomic mass is 10.1. The number of nitrogens with one attached hydrogen (secondary N) is 1. The summed E-state index contributed by atoms with van der Waals surface area (Å²) < 4.78 is 5.24. The Bertz CT molecular complexity index is 967. The molecule has 0 amide bonds. The molecule has 1 aliphatic rings. The second-order valence-electron chi connectivity index (χ2n) is 7.25. The van der Waals surface area contributed by atoms with Crippen molar-refractivity contribution < 1.29 is 4.74 Å². The number of piperazine rings is 1. The zero-order chi connectivity index (χ0) is 20.2. The number of hydrogen-bond acceptors (Lipinski definition) is 7. The molecule has 1 aliphatic heterocycles. The molecule has 1 N–H and O–H groups in total. The van der Waals surface area contributed by atoms with Crippen molar-refractivity contribution >= 4 is 23.1 Å². The molecule has 0 radical (unpaired) electrons. The van der Waals surface area contributed by atoms with E-state index < -0.39 is 0 Å². The van der Waals surface area contributed by atoms with Gasteiger partial charge in [-0.15, -0.1) is 5.10 Å². The van der Waals surface area contributed by atoms with Gasteiger partial charge in [0.15, 0.2) is 5.82 Å². The highest BCUT2D eigenvalue weighted by Crippen LogP contribution is 2.23. The Hall–Kier alpha value is -3.35. The Morgan fingerprint density at radius 2 is 1.66 bits per heavy atom. The van der Waals surface area contributed by atoms with E-state index in [0.717, 1.165) is 49.0 Å². The summed E-state index contributed by atoms with van der Waals surface area (Å²) in [7, 11) is 1.69. The molecule has 0 atom stereocenters. The van der Waals surface area contributed by atoms with Crippen molar-refractivity contribution in [2.45, 2.75) is 13.8 Å². The van der Waals surface area contributed by atoms with Crippen LogP contribution in [0.5, 0.6) is 5.75 Å². The van der Waals surface area contributed by atoms with Crippen LogP contribution in [0, 0.1) is 13.8 Å². The van der Waals surface area contributed by atoms with Crippen LogP contribution >= 0.6 is 0 Å². The van der Waals surface area contributed by atoms with Gasteiger partial charge in [0.1, 0.15) is 5.75 Å². The largest absolute Gasteiger partial charge is 0.497 e. The van der Waals surface area contributed by atoms with Crippen LogP contribution in [-0.2, 0) is 0 Å². The highest BCUT2D eigenvalue weighted by Gasteiger charge is 2.19. The van der Waals surface area contributed by atoms with Gasteiger partial charge in [-0.2, -0.15) is 10.1 Å². The standard InChI is InChI=1S/C22H26N6O/c1-16-4-9-20(17(2)14-16)24-22-25-21(15-23-26-22)28-12-10-27(11-13-28)18-5-7-19(29-3)8-6-18/h4-9,14-15H,10-13H2,1-3H3,(H,24,25,26). The molecule has 150 valence electrons. The van der Waals surface area contributed by atoms with Gasteiger partial charge in [0, 0.05) is 37.6 Å². The molecule has 1 aromatic heterocycles. The number of anilines is 4. The van der Waals surface area contributed by atoms with Crippen molar-refractivity contribution in [3.8, 4) is 5.75 Å². The molecule has 0 aliphatic carbocycles. The topological polar surface area (TPSA) is 66.4 Å². The molecule has 29 heavy (non-hydrogen) atoms. The maximum atomic E-state index is 5.24. The van der Waals surface area contributed by atoms with Crippen LogP contribution in [0.2, 0.25) is 0 Å². The van der Waals surface area contributed by atoms with Crippen LogP contribution in [0.3, 0.4) is 0 Å². The van der Waals surface area contributed by atoms with Crippen molar-refractivity contribution in [3.63, 3.8) is 0 Å². The maximum absolute atomic E-state index is 5.24. The van der Waals surface area contributed by atoms with E-state index in [9.17, 15) is 0 Å². The van der Waals surface area contributed by atoms with E-state index in [4.69, 9.17) is 4.74 Å². The first kappa shape index (κ1) is 19.0. The van der Waals surface area contributed by atoms with Gasteiger partial charge in [-0.3, -0.25) is 0 Å². The Morgan fingerprint density at radius 3 is 2.34 bits per heavy atom. The molecule has 0 unspecified atom stereocenters. The molecule has 0 bridgehead atoms. The van der Waals surface area contributed by atoms with E-state index in [1.54, 1.807) is 13.3 Å². The average molecular weight is 390 g/mol. The summed E-state index contributed by atoms with van der Waals surface area (Å²) in [6, 6.07) is 14.5. The van der Waals surface area contributed by atoms with Crippen LogP contribution < -0.4 is 19.9 Å². The normalized spacial score (nSPS) is 14.0. The fourth-order valence-electron chi connectivity index (χ4n) is 3.56. The molecule has 7 nitrogen and oxygen atoms in total. The van der Waals surface area contributed by atoms with Crippen LogP contribution in [-0.4, -0.2) is 48.5 Å². The zero-order valence-corrected chi connectivity index (χ0v) is 17.1. The van der Waals surface area contributed by atoms with Crippen molar-refractivity contribution in [1.29, 1.82) is 0 Å². The fraction of sp³-hybridized carbons (Fsp3) is 0.318. The number of aryl methyl sites for hydroxylation is 2. The molecule has 7 heteroatoms. The van der Waals surface area contributed by atoms with Crippen LogP contribution in [0.4, 0.5) is 23.1 Å². The minimum Gasteiger partial charge on any atom is -0.497 e. The number of ether oxygens (including phenoxy) is 1. The highest BCUT2D eigenvalue weighted by molar-refractivity contribution is 5.59.